The van der Waals surface area contributed by atoms with Gasteiger partial charge in [-0.1, -0.05) is 30.3 Å². The van der Waals surface area contributed by atoms with Crippen molar-refractivity contribution in [3.8, 4) is 5.69 Å². The number of nitrogens with zero attached hydrogens (tertiary/aromatic N) is 2. The minimum Gasteiger partial charge on any atom is -0.459 e. The van der Waals surface area contributed by atoms with Gasteiger partial charge in [-0.05, 0) is 43.3 Å². The van der Waals surface area contributed by atoms with Crippen molar-refractivity contribution >= 4 is 28.8 Å². The first-order valence-corrected chi connectivity index (χ1v) is 8.81. The highest BCUT2D eigenvalue weighted by atomic mass is 16.3. The molecule has 0 aliphatic heterocycles. The maximum absolute atomic E-state index is 12.7. The highest BCUT2D eigenvalue weighted by Crippen LogP contribution is 2.24. The molecule has 2 aromatic heterocycles. The average molecular weight is 374 g/mol. The Morgan fingerprint density at radius 1 is 1.00 bits per heavy atom. The van der Waals surface area contributed by atoms with E-state index >= 15 is 0 Å². The number of anilines is 1. The van der Waals surface area contributed by atoms with Crippen LogP contribution in [0.3, 0.4) is 0 Å². The number of furan rings is 1. The number of carbonyl (C=O) groups is 2. The molecule has 2 N–H and O–H groups in total. The van der Waals surface area contributed by atoms with Gasteiger partial charge < -0.3 is 9.73 Å². The first-order chi connectivity index (χ1) is 13.6. The van der Waals surface area contributed by atoms with E-state index in [9.17, 15) is 9.59 Å². The van der Waals surface area contributed by atoms with E-state index in [0.29, 0.717) is 5.95 Å². The fraction of sp³-hybridized carbons (Fsp3) is 0.0952. The van der Waals surface area contributed by atoms with E-state index in [4.69, 9.17) is 4.42 Å². The van der Waals surface area contributed by atoms with E-state index in [0.717, 1.165) is 16.7 Å². The number of nitrogens with one attached hydrogen (secondary N) is 2. The Balaban J connectivity index is 1.61. The Bertz CT molecular complexity index is 1120. The number of rotatable bonds is 5. The Hall–Kier alpha value is -3.87. The van der Waals surface area contributed by atoms with Crippen LogP contribution in [-0.2, 0) is 4.79 Å². The molecule has 2 amide bonds. The van der Waals surface area contributed by atoms with Crippen molar-refractivity contribution < 1.29 is 14.0 Å². The summed E-state index contributed by atoms with van der Waals surface area (Å²) in [5.41, 5.74) is 2.50. The maximum Gasteiger partial charge on any atom is 0.287 e. The topological polar surface area (TPSA) is 89.2 Å². The molecule has 0 saturated carbocycles. The zero-order chi connectivity index (χ0) is 19.5. The van der Waals surface area contributed by atoms with E-state index in [1.165, 1.54) is 12.3 Å². The van der Waals surface area contributed by atoms with Crippen LogP contribution >= 0.6 is 0 Å². The SMILES string of the molecule is CC(NC(=O)c1ccco1)C(=O)Nc1nc2ccccc2n1-c1ccccc1. The number of benzene rings is 2. The summed E-state index contributed by atoms with van der Waals surface area (Å²) in [5, 5.41) is 5.43. The molecule has 7 heteroatoms. The van der Waals surface area contributed by atoms with Crippen LogP contribution < -0.4 is 10.6 Å². The first kappa shape index (κ1) is 17.5. The molecule has 4 rings (SSSR count). The van der Waals surface area contributed by atoms with Gasteiger partial charge in [0.05, 0.1) is 17.3 Å². The lowest BCUT2D eigenvalue weighted by molar-refractivity contribution is -0.117. The smallest absolute Gasteiger partial charge is 0.287 e. The largest absolute Gasteiger partial charge is 0.459 e. The van der Waals surface area contributed by atoms with Crippen molar-refractivity contribution in [1.82, 2.24) is 14.9 Å². The second-order valence-electron chi connectivity index (χ2n) is 6.26. The number of carbonyl (C=O) groups excluding carboxylic acids is 2. The summed E-state index contributed by atoms with van der Waals surface area (Å²) in [6.07, 6.45) is 1.40. The van der Waals surface area contributed by atoms with Gasteiger partial charge in [0, 0.05) is 5.69 Å². The molecule has 140 valence electrons. The monoisotopic (exact) mass is 374 g/mol. The molecule has 2 heterocycles. The molecule has 0 fully saturated rings. The van der Waals surface area contributed by atoms with Gasteiger partial charge in [0.2, 0.25) is 11.9 Å². The number of hydrogen-bond donors (Lipinski definition) is 2. The third-order valence-corrected chi connectivity index (χ3v) is 4.30. The summed E-state index contributed by atoms with van der Waals surface area (Å²) >= 11 is 0. The number of para-hydroxylation sites is 3. The van der Waals surface area contributed by atoms with Crippen LogP contribution in [0, 0.1) is 0 Å². The molecule has 4 aromatic rings. The summed E-state index contributed by atoms with van der Waals surface area (Å²) in [7, 11) is 0. The van der Waals surface area contributed by atoms with E-state index in [1.807, 2.05) is 59.2 Å². The van der Waals surface area contributed by atoms with Gasteiger partial charge in [0.25, 0.3) is 5.91 Å². The second-order valence-corrected chi connectivity index (χ2v) is 6.26. The number of imidazole rings is 1. The normalized spacial score (nSPS) is 11.9. The molecule has 0 aliphatic rings. The van der Waals surface area contributed by atoms with Crippen molar-refractivity contribution in [2.75, 3.05) is 5.32 Å². The van der Waals surface area contributed by atoms with E-state index in [2.05, 4.69) is 15.6 Å². The van der Waals surface area contributed by atoms with Gasteiger partial charge in [-0.2, -0.15) is 0 Å². The minimum atomic E-state index is -0.776. The van der Waals surface area contributed by atoms with Crippen molar-refractivity contribution in [1.29, 1.82) is 0 Å². The molecule has 0 aliphatic carbocycles. The van der Waals surface area contributed by atoms with Crippen LogP contribution in [0.2, 0.25) is 0 Å². The fourth-order valence-corrected chi connectivity index (χ4v) is 2.91. The number of amides is 2. The molecule has 1 atom stereocenters. The van der Waals surface area contributed by atoms with Gasteiger partial charge in [-0.25, -0.2) is 4.98 Å². The van der Waals surface area contributed by atoms with Crippen LogP contribution in [0.1, 0.15) is 17.5 Å². The van der Waals surface area contributed by atoms with Gasteiger partial charge in [-0.15, -0.1) is 0 Å². The van der Waals surface area contributed by atoms with Crippen molar-refractivity contribution in [2.45, 2.75) is 13.0 Å². The standard InChI is InChI=1S/C21H18N4O3/c1-14(22-20(27)18-12-7-13-28-18)19(26)24-21-23-16-10-5-6-11-17(16)25(21)15-8-3-2-4-9-15/h2-14H,1H3,(H,22,27)(H,23,24,26). The zero-order valence-corrected chi connectivity index (χ0v) is 15.1. The summed E-state index contributed by atoms with van der Waals surface area (Å²) in [5.74, 6) is -0.302. The second kappa shape index (κ2) is 7.40. The highest BCUT2D eigenvalue weighted by Gasteiger charge is 2.21. The predicted octanol–water partition coefficient (Wildman–Crippen LogP) is 3.38. The van der Waals surface area contributed by atoms with E-state index in [-0.39, 0.29) is 11.7 Å². The molecule has 7 nitrogen and oxygen atoms in total. The molecular weight excluding hydrogens is 356 g/mol. The summed E-state index contributed by atoms with van der Waals surface area (Å²) in [6.45, 7) is 1.60. The van der Waals surface area contributed by atoms with Gasteiger partial charge in [-0.3, -0.25) is 19.5 Å². The molecule has 0 radical (unpaired) electrons. The van der Waals surface area contributed by atoms with Crippen LogP contribution in [0.4, 0.5) is 5.95 Å². The molecule has 1 unspecified atom stereocenters. The van der Waals surface area contributed by atoms with Gasteiger partial charge >= 0.3 is 0 Å². The lowest BCUT2D eigenvalue weighted by atomic mass is 10.3. The Labute approximate surface area is 161 Å². The number of aromatic nitrogens is 2. The van der Waals surface area contributed by atoms with E-state index in [1.54, 1.807) is 13.0 Å². The molecule has 2 aromatic carbocycles. The fourth-order valence-electron chi connectivity index (χ4n) is 2.91. The van der Waals surface area contributed by atoms with Crippen molar-refractivity contribution in [2.24, 2.45) is 0 Å². The molecule has 0 saturated heterocycles. The summed E-state index contributed by atoms with van der Waals surface area (Å²) in [4.78, 5) is 29.3. The third kappa shape index (κ3) is 3.37. The van der Waals surface area contributed by atoms with Crippen LogP contribution in [0.15, 0.2) is 77.4 Å². The van der Waals surface area contributed by atoms with E-state index < -0.39 is 11.9 Å². The lowest BCUT2D eigenvalue weighted by Crippen LogP contribution is -2.41. The average Bonchev–Trinajstić information content (AvgIpc) is 3.36. The predicted molar refractivity (Wildman–Crippen MR) is 105 cm³/mol. The molecular formula is C21H18N4O3. The van der Waals surface area contributed by atoms with Crippen LogP contribution in [-0.4, -0.2) is 27.4 Å². The molecule has 28 heavy (non-hydrogen) atoms. The van der Waals surface area contributed by atoms with Crippen LogP contribution in [0.25, 0.3) is 16.7 Å². The Morgan fingerprint density at radius 2 is 1.75 bits per heavy atom. The molecule has 0 bridgehead atoms. The lowest BCUT2D eigenvalue weighted by Gasteiger charge is -2.14. The number of fused-ring (bicyclic) bond motifs is 1. The van der Waals surface area contributed by atoms with Crippen molar-refractivity contribution in [3.63, 3.8) is 0 Å². The van der Waals surface area contributed by atoms with Gasteiger partial charge in [0.1, 0.15) is 6.04 Å². The van der Waals surface area contributed by atoms with Gasteiger partial charge in [0.15, 0.2) is 5.76 Å². The third-order valence-electron chi connectivity index (χ3n) is 4.30. The maximum atomic E-state index is 12.7. The Kier molecular flexibility index (Phi) is 4.63. The number of hydrogen-bond acceptors (Lipinski definition) is 4. The quantitative estimate of drug-likeness (QED) is 0.560. The summed E-state index contributed by atoms with van der Waals surface area (Å²) < 4.78 is 6.92. The Morgan fingerprint density at radius 3 is 2.50 bits per heavy atom. The van der Waals surface area contributed by atoms with Crippen molar-refractivity contribution in [3.05, 3.63) is 78.8 Å². The highest BCUT2D eigenvalue weighted by molar-refractivity contribution is 6.00. The van der Waals surface area contributed by atoms with Crippen LogP contribution in [0.5, 0.6) is 0 Å². The molecule has 0 spiro atoms. The summed E-state index contributed by atoms with van der Waals surface area (Å²) in [6, 6.07) is 19.6. The first-order valence-electron chi connectivity index (χ1n) is 8.81. The minimum absolute atomic E-state index is 0.149. The zero-order valence-electron chi connectivity index (χ0n) is 15.1.